The van der Waals surface area contributed by atoms with Crippen molar-refractivity contribution < 1.29 is 4.79 Å². The standard InChI is InChI=1S/C20H25N5O/c1-21-19-16-9-10-24(2)13-17(16)22-18(23-19)15-8-11-25(12-15)20(26)14-6-4-3-5-7-14/h3-7,15H,8-13H2,1-2H3,(H,21,22,23)/t15-/m0/s1. The second kappa shape index (κ2) is 7.03. The topological polar surface area (TPSA) is 61.4 Å². The Hall–Kier alpha value is -2.47. The van der Waals surface area contributed by atoms with E-state index in [2.05, 4.69) is 17.3 Å². The molecular formula is C20H25N5O. The van der Waals surface area contributed by atoms with E-state index in [0.29, 0.717) is 6.54 Å². The minimum absolute atomic E-state index is 0.0969. The first-order valence-corrected chi connectivity index (χ1v) is 9.26. The summed E-state index contributed by atoms with van der Waals surface area (Å²) < 4.78 is 0. The number of benzene rings is 1. The number of nitrogens with one attached hydrogen (secondary N) is 1. The predicted molar refractivity (Wildman–Crippen MR) is 101 cm³/mol. The van der Waals surface area contributed by atoms with Crippen LogP contribution in [-0.4, -0.2) is 59.4 Å². The number of amides is 1. The summed E-state index contributed by atoms with van der Waals surface area (Å²) in [4.78, 5) is 26.6. The van der Waals surface area contributed by atoms with Gasteiger partial charge in [-0.3, -0.25) is 4.79 Å². The molecule has 0 aliphatic carbocycles. The van der Waals surface area contributed by atoms with Crippen molar-refractivity contribution in [1.29, 1.82) is 0 Å². The van der Waals surface area contributed by atoms with Crippen LogP contribution in [0.2, 0.25) is 0 Å². The number of carbonyl (C=O) groups excluding carboxylic acids is 1. The molecule has 0 saturated carbocycles. The summed E-state index contributed by atoms with van der Waals surface area (Å²) >= 11 is 0. The van der Waals surface area contributed by atoms with Gasteiger partial charge in [-0.1, -0.05) is 18.2 Å². The molecule has 2 aliphatic rings. The van der Waals surface area contributed by atoms with Crippen LogP contribution in [0.5, 0.6) is 0 Å². The van der Waals surface area contributed by atoms with Crippen LogP contribution in [0.15, 0.2) is 30.3 Å². The molecule has 3 heterocycles. The number of rotatable bonds is 3. The van der Waals surface area contributed by atoms with Crippen LogP contribution in [0.1, 0.15) is 39.8 Å². The highest BCUT2D eigenvalue weighted by Gasteiger charge is 2.31. The van der Waals surface area contributed by atoms with Gasteiger partial charge in [0.1, 0.15) is 11.6 Å². The van der Waals surface area contributed by atoms with Crippen molar-refractivity contribution in [3.05, 3.63) is 53.0 Å². The van der Waals surface area contributed by atoms with E-state index >= 15 is 0 Å². The average molecular weight is 351 g/mol. The van der Waals surface area contributed by atoms with Gasteiger partial charge in [-0.2, -0.15) is 0 Å². The average Bonchev–Trinajstić information content (AvgIpc) is 3.17. The number of anilines is 1. The molecule has 0 radical (unpaired) electrons. The van der Waals surface area contributed by atoms with Gasteiger partial charge in [0.15, 0.2) is 0 Å². The fourth-order valence-corrected chi connectivity index (χ4v) is 3.89. The van der Waals surface area contributed by atoms with E-state index in [1.807, 2.05) is 42.3 Å². The maximum absolute atomic E-state index is 12.7. The third-order valence-electron chi connectivity index (χ3n) is 5.37. The molecule has 4 rings (SSSR count). The third kappa shape index (κ3) is 3.17. The zero-order valence-electron chi connectivity index (χ0n) is 15.4. The number of aromatic nitrogens is 2. The van der Waals surface area contributed by atoms with Gasteiger partial charge in [-0.25, -0.2) is 9.97 Å². The number of carbonyl (C=O) groups is 1. The first kappa shape index (κ1) is 17.0. The summed E-state index contributed by atoms with van der Waals surface area (Å²) in [6, 6.07) is 9.49. The lowest BCUT2D eigenvalue weighted by Gasteiger charge is -2.26. The minimum Gasteiger partial charge on any atom is -0.373 e. The highest BCUT2D eigenvalue weighted by molar-refractivity contribution is 5.94. The van der Waals surface area contributed by atoms with Crippen LogP contribution in [0.25, 0.3) is 0 Å². The predicted octanol–water partition coefficient (Wildman–Crippen LogP) is 2.14. The van der Waals surface area contributed by atoms with Crippen molar-refractivity contribution >= 4 is 11.7 Å². The van der Waals surface area contributed by atoms with E-state index < -0.39 is 0 Å². The highest BCUT2D eigenvalue weighted by Crippen LogP contribution is 2.30. The molecule has 0 unspecified atom stereocenters. The molecular weight excluding hydrogens is 326 g/mol. The van der Waals surface area contributed by atoms with Gasteiger partial charge < -0.3 is 15.1 Å². The summed E-state index contributed by atoms with van der Waals surface area (Å²) in [6.45, 7) is 3.34. The van der Waals surface area contributed by atoms with Crippen molar-refractivity contribution in [3.8, 4) is 0 Å². The molecule has 1 aromatic heterocycles. The van der Waals surface area contributed by atoms with E-state index in [9.17, 15) is 4.79 Å². The summed E-state index contributed by atoms with van der Waals surface area (Å²) in [7, 11) is 4.05. The molecule has 1 N–H and O–H groups in total. The number of nitrogens with zero attached hydrogens (tertiary/aromatic N) is 4. The zero-order valence-corrected chi connectivity index (χ0v) is 15.4. The monoisotopic (exact) mass is 351 g/mol. The first-order chi connectivity index (χ1) is 12.7. The normalized spacial score (nSPS) is 20.1. The molecule has 1 amide bonds. The van der Waals surface area contributed by atoms with Gasteiger partial charge in [-0.15, -0.1) is 0 Å². The summed E-state index contributed by atoms with van der Waals surface area (Å²) in [5.41, 5.74) is 3.11. The molecule has 2 aromatic rings. The first-order valence-electron chi connectivity index (χ1n) is 9.26. The number of likely N-dealkylation sites (N-methyl/N-ethyl adjacent to an activating group) is 1. The fraction of sp³-hybridized carbons (Fsp3) is 0.450. The molecule has 26 heavy (non-hydrogen) atoms. The minimum atomic E-state index is 0.0969. The number of hydrogen-bond acceptors (Lipinski definition) is 5. The van der Waals surface area contributed by atoms with Crippen molar-refractivity contribution in [3.63, 3.8) is 0 Å². The Kier molecular flexibility index (Phi) is 4.59. The fourth-order valence-electron chi connectivity index (χ4n) is 3.89. The van der Waals surface area contributed by atoms with Gasteiger partial charge in [0.2, 0.25) is 0 Å². The Morgan fingerprint density at radius 1 is 1.19 bits per heavy atom. The molecule has 136 valence electrons. The van der Waals surface area contributed by atoms with Gasteiger partial charge in [0.05, 0.1) is 5.69 Å². The Labute approximate surface area is 154 Å². The van der Waals surface area contributed by atoms with E-state index in [1.165, 1.54) is 5.56 Å². The Morgan fingerprint density at radius 2 is 2.00 bits per heavy atom. The molecule has 6 heteroatoms. The van der Waals surface area contributed by atoms with Crippen LogP contribution in [-0.2, 0) is 13.0 Å². The SMILES string of the molecule is CNc1nc([C@H]2CCN(C(=O)c3ccccc3)C2)nc2c1CCN(C)C2. The van der Waals surface area contributed by atoms with Crippen molar-refractivity contribution in [2.75, 3.05) is 39.0 Å². The van der Waals surface area contributed by atoms with Gasteiger partial charge >= 0.3 is 0 Å². The molecule has 2 aliphatic heterocycles. The largest absolute Gasteiger partial charge is 0.373 e. The maximum Gasteiger partial charge on any atom is 0.253 e. The van der Waals surface area contributed by atoms with E-state index in [0.717, 1.165) is 55.4 Å². The third-order valence-corrected chi connectivity index (χ3v) is 5.37. The second-order valence-electron chi connectivity index (χ2n) is 7.20. The Morgan fingerprint density at radius 3 is 2.77 bits per heavy atom. The molecule has 1 atom stereocenters. The van der Waals surface area contributed by atoms with Gasteiger partial charge in [0.25, 0.3) is 5.91 Å². The lowest BCUT2D eigenvalue weighted by atomic mass is 10.0. The van der Waals surface area contributed by atoms with Crippen LogP contribution in [0.4, 0.5) is 5.82 Å². The Bertz CT molecular complexity index is 807. The van der Waals surface area contributed by atoms with Gasteiger partial charge in [0, 0.05) is 50.3 Å². The van der Waals surface area contributed by atoms with Crippen molar-refractivity contribution in [2.24, 2.45) is 0 Å². The van der Waals surface area contributed by atoms with Crippen LogP contribution in [0, 0.1) is 0 Å². The number of likely N-dealkylation sites (tertiary alicyclic amines) is 1. The molecule has 1 fully saturated rings. The molecule has 1 saturated heterocycles. The molecule has 0 spiro atoms. The number of fused-ring (bicyclic) bond motifs is 1. The highest BCUT2D eigenvalue weighted by atomic mass is 16.2. The lowest BCUT2D eigenvalue weighted by Crippen LogP contribution is -2.30. The quantitative estimate of drug-likeness (QED) is 0.918. The molecule has 6 nitrogen and oxygen atoms in total. The molecule has 1 aromatic carbocycles. The smallest absolute Gasteiger partial charge is 0.253 e. The zero-order chi connectivity index (χ0) is 18.1. The second-order valence-corrected chi connectivity index (χ2v) is 7.20. The summed E-state index contributed by atoms with van der Waals surface area (Å²) in [6.07, 6.45) is 1.89. The van der Waals surface area contributed by atoms with E-state index in [-0.39, 0.29) is 11.8 Å². The van der Waals surface area contributed by atoms with Crippen LogP contribution < -0.4 is 5.32 Å². The van der Waals surface area contributed by atoms with Crippen LogP contribution in [0.3, 0.4) is 0 Å². The van der Waals surface area contributed by atoms with Crippen molar-refractivity contribution in [2.45, 2.75) is 25.3 Å². The van der Waals surface area contributed by atoms with E-state index in [1.54, 1.807) is 0 Å². The summed E-state index contributed by atoms with van der Waals surface area (Å²) in [5.74, 6) is 2.12. The Balaban J connectivity index is 1.55. The lowest BCUT2D eigenvalue weighted by molar-refractivity contribution is 0.0790. The molecule has 0 bridgehead atoms. The van der Waals surface area contributed by atoms with E-state index in [4.69, 9.17) is 9.97 Å². The van der Waals surface area contributed by atoms with Gasteiger partial charge in [-0.05, 0) is 32.0 Å². The maximum atomic E-state index is 12.7. The summed E-state index contributed by atoms with van der Waals surface area (Å²) in [5, 5.41) is 3.24. The number of hydrogen-bond donors (Lipinski definition) is 1. The van der Waals surface area contributed by atoms with Crippen molar-refractivity contribution in [1.82, 2.24) is 19.8 Å². The van der Waals surface area contributed by atoms with Crippen LogP contribution >= 0.6 is 0 Å².